The van der Waals surface area contributed by atoms with Gasteiger partial charge in [0.05, 0.1) is 0 Å². The predicted octanol–water partition coefficient (Wildman–Crippen LogP) is 2.78. The molecule has 3 nitrogen and oxygen atoms in total. The molecule has 1 unspecified atom stereocenters. The molecule has 3 rings (SSSR count). The van der Waals surface area contributed by atoms with Crippen molar-refractivity contribution in [3.63, 3.8) is 0 Å². The fourth-order valence-electron chi connectivity index (χ4n) is 3.36. The van der Waals surface area contributed by atoms with Crippen molar-refractivity contribution < 1.29 is 13.2 Å². The Balaban J connectivity index is 1.50. The first-order valence-corrected chi connectivity index (χ1v) is 8.83. The Morgan fingerprint density at radius 3 is 2.43 bits per heavy atom. The van der Waals surface area contributed by atoms with Crippen LogP contribution in [0.15, 0.2) is 29.2 Å². The molecule has 0 aromatic heterocycles. The summed E-state index contributed by atoms with van der Waals surface area (Å²) in [5.74, 6) is 0. The third kappa shape index (κ3) is 5.11. The summed E-state index contributed by atoms with van der Waals surface area (Å²) < 4.78 is 37.0. The van der Waals surface area contributed by atoms with Crippen LogP contribution in [0.4, 0.5) is 13.2 Å². The van der Waals surface area contributed by atoms with Crippen LogP contribution in [0.25, 0.3) is 0 Å². The molecule has 0 amide bonds. The van der Waals surface area contributed by atoms with Gasteiger partial charge in [0.25, 0.3) is 0 Å². The minimum atomic E-state index is -4.22. The van der Waals surface area contributed by atoms with Crippen molar-refractivity contribution in [2.75, 3.05) is 39.3 Å². The summed E-state index contributed by atoms with van der Waals surface area (Å²) in [6.07, 6.45) is 1.18. The second kappa shape index (κ2) is 7.42. The number of benzene rings is 1. The lowest BCUT2D eigenvalue weighted by Crippen LogP contribution is -2.49. The number of nitrogens with one attached hydrogen (secondary N) is 1. The normalized spacial score (nSPS) is 24.2. The Labute approximate surface area is 139 Å². The van der Waals surface area contributed by atoms with E-state index in [4.69, 9.17) is 0 Å². The van der Waals surface area contributed by atoms with Crippen LogP contribution in [0.3, 0.4) is 0 Å². The van der Waals surface area contributed by atoms with Crippen LogP contribution >= 0.6 is 11.8 Å². The number of likely N-dealkylation sites (tertiary alicyclic amines) is 1. The summed E-state index contributed by atoms with van der Waals surface area (Å²) in [5, 5.41) is 3.37. The van der Waals surface area contributed by atoms with Crippen molar-refractivity contribution in [2.24, 2.45) is 0 Å². The van der Waals surface area contributed by atoms with Gasteiger partial charge in [-0.15, -0.1) is 0 Å². The van der Waals surface area contributed by atoms with Crippen LogP contribution in [0.2, 0.25) is 0 Å². The van der Waals surface area contributed by atoms with E-state index < -0.39 is 5.51 Å². The minimum Gasteiger partial charge on any atom is -0.314 e. The summed E-state index contributed by atoms with van der Waals surface area (Å²) in [6, 6.07) is 7.38. The molecule has 2 fully saturated rings. The number of thioether (sulfide) groups is 1. The van der Waals surface area contributed by atoms with Crippen LogP contribution in [0.5, 0.6) is 0 Å². The van der Waals surface area contributed by atoms with E-state index in [1.165, 1.54) is 6.42 Å². The molecule has 2 saturated heterocycles. The molecule has 2 aliphatic heterocycles. The first kappa shape index (κ1) is 17.1. The van der Waals surface area contributed by atoms with Gasteiger partial charge in [-0.1, -0.05) is 12.1 Å². The third-order valence-electron chi connectivity index (χ3n) is 4.48. The molecule has 0 radical (unpaired) electrons. The second-order valence-corrected chi connectivity index (χ2v) is 7.29. The van der Waals surface area contributed by atoms with Crippen molar-refractivity contribution in [1.29, 1.82) is 0 Å². The Morgan fingerprint density at radius 1 is 1.09 bits per heavy atom. The molecule has 128 valence electrons. The topological polar surface area (TPSA) is 18.5 Å². The fourth-order valence-corrected chi connectivity index (χ4v) is 3.90. The van der Waals surface area contributed by atoms with E-state index in [1.54, 1.807) is 12.1 Å². The largest absolute Gasteiger partial charge is 0.446 e. The molecule has 0 saturated carbocycles. The maximum atomic E-state index is 12.3. The van der Waals surface area contributed by atoms with Crippen molar-refractivity contribution in [3.05, 3.63) is 29.8 Å². The van der Waals surface area contributed by atoms with Crippen molar-refractivity contribution in [3.8, 4) is 0 Å². The van der Waals surface area contributed by atoms with E-state index in [-0.39, 0.29) is 16.7 Å². The number of alkyl halides is 3. The molecule has 23 heavy (non-hydrogen) atoms. The predicted molar refractivity (Wildman–Crippen MR) is 86.5 cm³/mol. The van der Waals surface area contributed by atoms with Gasteiger partial charge in [-0.05, 0) is 35.9 Å². The monoisotopic (exact) mass is 345 g/mol. The fraction of sp³-hybridized carbons (Fsp3) is 0.625. The number of rotatable bonds is 4. The van der Waals surface area contributed by atoms with Gasteiger partial charge in [0, 0.05) is 56.8 Å². The Morgan fingerprint density at radius 2 is 1.78 bits per heavy atom. The summed E-state index contributed by atoms with van der Waals surface area (Å²) in [6.45, 7) is 7.29. The lowest BCUT2D eigenvalue weighted by Gasteiger charge is -2.32. The zero-order valence-electron chi connectivity index (χ0n) is 13.0. The summed E-state index contributed by atoms with van der Waals surface area (Å²) in [5.41, 5.74) is -3.13. The molecule has 7 heteroatoms. The molecular weight excluding hydrogens is 323 g/mol. The first-order chi connectivity index (χ1) is 11.0. The molecule has 1 aromatic carbocycles. The van der Waals surface area contributed by atoms with Gasteiger partial charge in [-0.2, -0.15) is 13.2 Å². The summed E-state index contributed by atoms with van der Waals surface area (Å²) in [4.78, 5) is 5.21. The van der Waals surface area contributed by atoms with E-state index in [2.05, 4.69) is 15.1 Å². The molecule has 0 spiro atoms. The molecule has 2 aliphatic rings. The molecule has 1 aromatic rings. The van der Waals surface area contributed by atoms with Gasteiger partial charge in [-0.3, -0.25) is 9.80 Å². The summed E-state index contributed by atoms with van der Waals surface area (Å²) >= 11 is -0.0548. The molecule has 1 N–H and O–H groups in total. The van der Waals surface area contributed by atoms with E-state index >= 15 is 0 Å². The molecule has 2 heterocycles. The number of hydrogen-bond acceptors (Lipinski definition) is 4. The number of nitrogens with zero attached hydrogens (tertiary/aromatic N) is 2. The highest BCUT2D eigenvalue weighted by Gasteiger charge is 2.30. The summed E-state index contributed by atoms with van der Waals surface area (Å²) in [7, 11) is 0. The zero-order valence-corrected chi connectivity index (χ0v) is 13.8. The number of hydrogen-bond donors (Lipinski definition) is 1. The maximum absolute atomic E-state index is 12.3. The van der Waals surface area contributed by atoms with E-state index in [1.807, 2.05) is 12.1 Å². The van der Waals surface area contributed by atoms with Gasteiger partial charge >= 0.3 is 5.51 Å². The Bertz CT molecular complexity index is 500. The number of piperazine rings is 1. The maximum Gasteiger partial charge on any atom is 0.446 e. The number of halogens is 3. The van der Waals surface area contributed by atoms with Crippen LogP contribution in [0, 0.1) is 0 Å². The van der Waals surface area contributed by atoms with Gasteiger partial charge in [0.1, 0.15) is 0 Å². The zero-order chi connectivity index (χ0) is 16.3. The Kier molecular flexibility index (Phi) is 5.51. The molecule has 0 aliphatic carbocycles. The SMILES string of the molecule is FC(F)(F)Sc1ccc(CN2CCC(N3CCNCC3)C2)cc1. The standard InChI is InChI=1S/C16H22F3N3S/c17-16(18,19)23-15-3-1-13(2-4-15)11-21-8-5-14(12-21)22-9-6-20-7-10-22/h1-4,14,20H,5-12H2. The molecule has 1 atom stereocenters. The lowest BCUT2D eigenvalue weighted by atomic mass is 10.2. The smallest absolute Gasteiger partial charge is 0.314 e. The third-order valence-corrected chi connectivity index (χ3v) is 5.22. The van der Waals surface area contributed by atoms with Gasteiger partial charge < -0.3 is 5.32 Å². The lowest BCUT2D eigenvalue weighted by molar-refractivity contribution is -0.0328. The van der Waals surface area contributed by atoms with Crippen LogP contribution in [0.1, 0.15) is 12.0 Å². The van der Waals surface area contributed by atoms with Gasteiger partial charge in [-0.25, -0.2) is 0 Å². The average Bonchev–Trinajstić information content (AvgIpc) is 2.97. The van der Waals surface area contributed by atoms with Crippen molar-refractivity contribution >= 4 is 11.8 Å². The van der Waals surface area contributed by atoms with Gasteiger partial charge in [0.15, 0.2) is 0 Å². The average molecular weight is 345 g/mol. The highest BCUT2D eigenvalue weighted by atomic mass is 32.2. The van der Waals surface area contributed by atoms with Crippen LogP contribution < -0.4 is 5.32 Å². The minimum absolute atomic E-state index is 0.0548. The molecule has 0 bridgehead atoms. The van der Waals surface area contributed by atoms with Crippen molar-refractivity contribution in [1.82, 2.24) is 15.1 Å². The Hall–Kier alpha value is -0.760. The highest BCUT2D eigenvalue weighted by molar-refractivity contribution is 8.00. The van der Waals surface area contributed by atoms with E-state index in [0.29, 0.717) is 6.04 Å². The van der Waals surface area contributed by atoms with Crippen LogP contribution in [-0.4, -0.2) is 60.6 Å². The van der Waals surface area contributed by atoms with E-state index in [9.17, 15) is 13.2 Å². The quantitative estimate of drug-likeness (QED) is 0.846. The highest BCUT2D eigenvalue weighted by Crippen LogP contribution is 2.36. The first-order valence-electron chi connectivity index (χ1n) is 8.01. The van der Waals surface area contributed by atoms with Gasteiger partial charge in [0.2, 0.25) is 0 Å². The second-order valence-electron chi connectivity index (χ2n) is 6.16. The molecular formula is C16H22F3N3S. The van der Waals surface area contributed by atoms with Crippen LogP contribution in [-0.2, 0) is 6.54 Å². The van der Waals surface area contributed by atoms with E-state index in [0.717, 1.165) is 51.4 Å². The van der Waals surface area contributed by atoms with Crippen molar-refractivity contribution in [2.45, 2.75) is 29.4 Å².